The van der Waals surface area contributed by atoms with Crippen molar-refractivity contribution < 1.29 is 9.53 Å². The number of carbonyl (C=O) groups is 1. The summed E-state index contributed by atoms with van der Waals surface area (Å²) in [6.45, 7) is 1.82. The van der Waals surface area contributed by atoms with E-state index in [0.29, 0.717) is 39.4 Å². The van der Waals surface area contributed by atoms with Crippen LogP contribution in [0.4, 0.5) is 5.69 Å². The number of para-hydroxylation sites is 1. The lowest BCUT2D eigenvalue weighted by atomic mass is 10.1. The molecule has 0 bridgehead atoms. The van der Waals surface area contributed by atoms with Gasteiger partial charge in [-0.2, -0.15) is 4.98 Å². The summed E-state index contributed by atoms with van der Waals surface area (Å²) >= 11 is 7.84. The van der Waals surface area contributed by atoms with Gasteiger partial charge in [0.05, 0.1) is 5.69 Å². The van der Waals surface area contributed by atoms with Gasteiger partial charge in [0, 0.05) is 22.6 Å². The van der Waals surface area contributed by atoms with Crippen LogP contribution in [-0.4, -0.2) is 27.3 Å². The van der Waals surface area contributed by atoms with E-state index in [-0.39, 0.29) is 5.91 Å². The molecule has 1 aliphatic rings. The number of anilines is 1. The van der Waals surface area contributed by atoms with Crippen LogP contribution in [0.3, 0.4) is 0 Å². The van der Waals surface area contributed by atoms with E-state index >= 15 is 0 Å². The number of amides is 1. The zero-order valence-corrected chi connectivity index (χ0v) is 16.9. The average Bonchev–Trinajstić information content (AvgIpc) is 2.87. The topological polar surface area (TPSA) is 68.2 Å². The smallest absolute Gasteiger partial charge is 0.247 e. The fraction of sp³-hybridized carbons (Fsp3) is 0.200. The van der Waals surface area contributed by atoms with Crippen molar-refractivity contribution in [3.05, 3.63) is 59.1 Å². The molecule has 142 valence electrons. The molecule has 0 saturated heterocycles. The fourth-order valence-corrected chi connectivity index (χ4v) is 3.64. The van der Waals surface area contributed by atoms with Gasteiger partial charge in [-0.3, -0.25) is 9.69 Å². The predicted octanol–water partition coefficient (Wildman–Crippen LogP) is 4.75. The van der Waals surface area contributed by atoms with E-state index in [4.69, 9.17) is 16.3 Å². The summed E-state index contributed by atoms with van der Waals surface area (Å²) in [6.07, 6.45) is 1.41. The first-order valence-corrected chi connectivity index (χ1v) is 10.4. The number of hydrogen-bond acceptors (Lipinski definition) is 6. The Hall–Kier alpha value is -2.64. The Morgan fingerprint density at radius 1 is 1.18 bits per heavy atom. The summed E-state index contributed by atoms with van der Waals surface area (Å²) in [4.78, 5) is 19.1. The Morgan fingerprint density at radius 3 is 2.68 bits per heavy atom. The van der Waals surface area contributed by atoms with E-state index in [1.54, 1.807) is 11.0 Å². The molecule has 4 rings (SSSR count). The van der Waals surface area contributed by atoms with E-state index in [1.165, 1.54) is 11.8 Å². The number of halogens is 1. The maximum absolute atomic E-state index is 13.0. The molecule has 6 nitrogen and oxygen atoms in total. The number of carbonyl (C=O) groups excluding carboxylic acids is 1. The van der Waals surface area contributed by atoms with Gasteiger partial charge < -0.3 is 4.74 Å². The van der Waals surface area contributed by atoms with Crippen molar-refractivity contribution in [2.45, 2.75) is 24.7 Å². The van der Waals surface area contributed by atoms with Crippen molar-refractivity contribution in [3.8, 4) is 17.1 Å². The second kappa shape index (κ2) is 7.77. The number of hydrogen-bond donors (Lipinski definition) is 0. The lowest BCUT2D eigenvalue weighted by molar-refractivity contribution is -0.120. The van der Waals surface area contributed by atoms with Crippen molar-refractivity contribution in [2.75, 3.05) is 11.2 Å². The largest absolute Gasteiger partial charge is 0.447 e. The van der Waals surface area contributed by atoms with Crippen LogP contribution in [0, 0.1) is 0 Å². The molecule has 0 radical (unpaired) electrons. The maximum Gasteiger partial charge on any atom is 0.247 e. The highest BCUT2D eigenvalue weighted by molar-refractivity contribution is 7.98. The molecule has 0 fully saturated rings. The SMILES string of the molecule is CCC(=O)N1c2ccccc2-c2nnc(SC)nc2O[C@H]1c1ccccc1Cl. The summed E-state index contributed by atoms with van der Waals surface area (Å²) in [5, 5.41) is 9.48. The quantitative estimate of drug-likeness (QED) is 0.578. The van der Waals surface area contributed by atoms with Crippen LogP contribution in [0.2, 0.25) is 5.02 Å². The molecule has 0 aliphatic carbocycles. The van der Waals surface area contributed by atoms with Crippen LogP contribution in [0.5, 0.6) is 5.88 Å². The molecule has 0 N–H and O–H groups in total. The minimum absolute atomic E-state index is 0.0942. The lowest BCUT2D eigenvalue weighted by Gasteiger charge is -2.31. The summed E-state index contributed by atoms with van der Waals surface area (Å²) in [7, 11) is 0. The first-order chi connectivity index (χ1) is 13.6. The minimum atomic E-state index is -0.769. The van der Waals surface area contributed by atoms with Crippen LogP contribution in [0.25, 0.3) is 11.3 Å². The predicted molar refractivity (Wildman–Crippen MR) is 110 cm³/mol. The third-order valence-corrected chi connectivity index (χ3v) is 5.32. The molecule has 1 amide bonds. The number of aromatic nitrogens is 3. The number of thioether (sulfide) groups is 1. The van der Waals surface area contributed by atoms with Gasteiger partial charge in [0.2, 0.25) is 23.2 Å². The van der Waals surface area contributed by atoms with E-state index in [2.05, 4.69) is 15.2 Å². The molecular weight excluding hydrogens is 396 g/mol. The molecule has 3 aromatic rings. The van der Waals surface area contributed by atoms with Crippen molar-refractivity contribution in [1.29, 1.82) is 0 Å². The Balaban J connectivity index is 2.00. The molecule has 2 heterocycles. The zero-order valence-electron chi connectivity index (χ0n) is 15.3. The Morgan fingerprint density at radius 2 is 1.93 bits per heavy atom. The summed E-state index contributed by atoms with van der Waals surface area (Å²) in [6, 6.07) is 14.8. The third-order valence-electron chi connectivity index (χ3n) is 4.44. The molecule has 0 unspecified atom stereocenters. The number of benzene rings is 2. The minimum Gasteiger partial charge on any atom is -0.447 e. The van der Waals surface area contributed by atoms with Crippen LogP contribution in [0.15, 0.2) is 53.7 Å². The van der Waals surface area contributed by atoms with E-state index < -0.39 is 6.23 Å². The summed E-state index contributed by atoms with van der Waals surface area (Å²) in [5.74, 6) is 0.228. The summed E-state index contributed by atoms with van der Waals surface area (Å²) < 4.78 is 6.28. The number of nitrogens with zero attached hydrogens (tertiary/aromatic N) is 4. The van der Waals surface area contributed by atoms with Gasteiger partial charge in [-0.1, -0.05) is 66.7 Å². The molecule has 1 atom stereocenters. The first-order valence-electron chi connectivity index (χ1n) is 8.75. The van der Waals surface area contributed by atoms with Gasteiger partial charge in [-0.05, 0) is 18.4 Å². The van der Waals surface area contributed by atoms with Crippen molar-refractivity contribution in [1.82, 2.24) is 15.2 Å². The monoisotopic (exact) mass is 412 g/mol. The van der Waals surface area contributed by atoms with Gasteiger partial charge in [0.15, 0.2) is 5.69 Å². The van der Waals surface area contributed by atoms with Crippen LogP contribution < -0.4 is 9.64 Å². The highest BCUT2D eigenvalue weighted by Gasteiger charge is 2.36. The Bertz CT molecular complexity index is 1050. The van der Waals surface area contributed by atoms with Crippen molar-refractivity contribution in [2.24, 2.45) is 0 Å². The van der Waals surface area contributed by atoms with Gasteiger partial charge >= 0.3 is 0 Å². The summed E-state index contributed by atoms with van der Waals surface area (Å²) in [5.41, 5.74) is 2.60. The van der Waals surface area contributed by atoms with Gasteiger partial charge in [-0.15, -0.1) is 10.2 Å². The van der Waals surface area contributed by atoms with E-state index in [1.807, 2.05) is 55.6 Å². The third kappa shape index (κ3) is 3.21. The molecule has 1 aliphatic heterocycles. The Kier molecular flexibility index (Phi) is 5.19. The maximum atomic E-state index is 13.0. The number of fused-ring (bicyclic) bond motifs is 3. The number of rotatable bonds is 3. The zero-order chi connectivity index (χ0) is 19.7. The highest BCUT2D eigenvalue weighted by Crippen LogP contribution is 2.44. The lowest BCUT2D eigenvalue weighted by Crippen LogP contribution is -2.37. The molecule has 0 spiro atoms. The fourth-order valence-electron chi connectivity index (χ4n) is 3.12. The van der Waals surface area contributed by atoms with Crippen LogP contribution >= 0.6 is 23.4 Å². The number of ether oxygens (including phenoxy) is 1. The Labute approximate surface area is 171 Å². The molecule has 8 heteroatoms. The first kappa shape index (κ1) is 18.7. The van der Waals surface area contributed by atoms with Crippen LogP contribution in [-0.2, 0) is 4.79 Å². The van der Waals surface area contributed by atoms with Crippen molar-refractivity contribution in [3.63, 3.8) is 0 Å². The van der Waals surface area contributed by atoms with Crippen molar-refractivity contribution >= 4 is 35.0 Å². The second-order valence-electron chi connectivity index (χ2n) is 6.08. The molecule has 0 saturated carbocycles. The van der Waals surface area contributed by atoms with E-state index in [9.17, 15) is 4.79 Å². The second-order valence-corrected chi connectivity index (χ2v) is 7.26. The normalized spacial score (nSPS) is 15.2. The van der Waals surface area contributed by atoms with Gasteiger partial charge in [0.25, 0.3) is 0 Å². The van der Waals surface area contributed by atoms with Crippen LogP contribution in [0.1, 0.15) is 25.1 Å². The molecule has 28 heavy (non-hydrogen) atoms. The molecule has 1 aromatic heterocycles. The molecular formula is C20H17ClN4O2S. The van der Waals surface area contributed by atoms with E-state index in [0.717, 1.165) is 5.56 Å². The molecule has 2 aromatic carbocycles. The average molecular weight is 413 g/mol. The standard InChI is InChI=1S/C20H17ClN4O2S/c1-3-16(26)25-15-11-7-5-9-13(15)17-18(22-20(28-2)24-23-17)27-19(25)12-8-4-6-10-14(12)21/h4-11,19H,3H2,1-2H3/t19-/m0/s1. The van der Waals surface area contributed by atoms with Gasteiger partial charge in [0.1, 0.15) is 0 Å². The highest BCUT2D eigenvalue weighted by atomic mass is 35.5. The van der Waals surface area contributed by atoms with Gasteiger partial charge in [-0.25, -0.2) is 0 Å².